The lowest BCUT2D eigenvalue weighted by Gasteiger charge is -2.17. The first-order chi connectivity index (χ1) is 12.5. The van der Waals surface area contributed by atoms with E-state index in [2.05, 4.69) is 10.1 Å². The lowest BCUT2D eigenvalue weighted by molar-refractivity contribution is 0.0784. The molecule has 2 heterocycles. The summed E-state index contributed by atoms with van der Waals surface area (Å²) in [7, 11) is 1.76. The summed E-state index contributed by atoms with van der Waals surface area (Å²) in [6.07, 6.45) is 3.48. The molecule has 0 atom stereocenters. The molecule has 0 fully saturated rings. The molecule has 6 heteroatoms. The van der Waals surface area contributed by atoms with E-state index in [0.717, 1.165) is 22.6 Å². The quantitative estimate of drug-likeness (QED) is 0.679. The lowest BCUT2D eigenvalue weighted by Crippen LogP contribution is -2.26. The van der Waals surface area contributed by atoms with Crippen molar-refractivity contribution in [1.29, 1.82) is 0 Å². The molecule has 134 valence electrons. The van der Waals surface area contributed by atoms with Crippen LogP contribution in [0.15, 0.2) is 53.3 Å². The number of benzene rings is 1. The van der Waals surface area contributed by atoms with E-state index in [0.29, 0.717) is 24.5 Å². The SMILES string of the molecule is Cc1noc(C)c1CN(C)C(=O)c1cccc(OCc2cccnc2)c1. The van der Waals surface area contributed by atoms with Gasteiger partial charge < -0.3 is 14.2 Å². The van der Waals surface area contributed by atoms with Gasteiger partial charge in [0.2, 0.25) is 0 Å². The van der Waals surface area contributed by atoms with Crippen molar-refractivity contribution in [2.45, 2.75) is 27.0 Å². The van der Waals surface area contributed by atoms with E-state index in [-0.39, 0.29) is 5.91 Å². The summed E-state index contributed by atoms with van der Waals surface area (Å²) < 4.78 is 10.9. The van der Waals surface area contributed by atoms with Crippen LogP contribution in [0.2, 0.25) is 0 Å². The van der Waals surface area contributed by atoms with E-state index in [1.165, 1.54) is 0 Å². The fraction of sp³-hybridized carbons (Fsp3) is 0.250. The van der Waals surface area contributed by atoms with Crippen LogP contribution in [0.5, 0.6) is 5.75 Å². The van der Waals surface area contributed by atoms with Gasteiger partial charge in [0, 0.05) is 36.1 Å². The molecule has 1 amide bonds. The molecule has 2 aromatic heterocycles. The van der Waals surface area contributed by atoms with Gasteiger partial charge in [0.05, 0.1) is 12.2 Å². The van der Waals surface area contributed by atoms with Gasteiger partial charge in [0.1, 0.15) is 18.1 Å². The number of rotatable bonds is 6. The highest BCUT2D eigenvalue weighted by Gasteiger charge is 2.17. The molecule has 3 rings (SSSR count). The Balaban J connectivity index is 1.67. The first-order valence-electron chi connectivity index (χ1n) is 8.33. The molecule has 3 aromatic rings. The standard InChI is InChI=1S/C20H21N3O3/c1-14-19(15(2)26-22-14)12-23(3)20(24)17-7-4-8-18(10-17)25-13-16-6-5-9-21-11-16/h4-11H,12-13H2,1-3H3. The summed E-state index contributed by atoms with van der Waals surface area (Å²) in [6, 6.07) is 11.0. The van der Waals surface area contributed by atoms with Crippen molar-refractivity contribution in [3.63, 3.8) is 0 Å². The molecule has 0 saturated heterocycles. The van der Waals surface area contributed by atoms with Crippen molar-refractivity contribution >= 4 is 5.91 Å². The molecule has 6 nitrogen and oxygen atoms in total. The Hall–Kier alpha value is -3.15. The predicted molar refractivity (Wildman–Crippen MR) is 96.8 cm³/mol. The average Bonchev–Trinajstić information content (AvgIpc) is 2.98. The van der Waals surface area contributed by atoms with E-state index in [9.17, 15) is 4.79 Å². The monoisotopic (exact) mass is 351 g/mol. The highest BCUT2D eigenvalue weighted by atomic mass is 16.5. The van der Waals surface area contributed by atoms with Crippen LogP contribution in [-0.2, 0) is 13.2 Å². The summed E-state index contributed by atoms with van der Waals surface area (Å²) in [5, 5.41) is 3.93. The van der Waals surface area contributed by atoms with E-state index >= 15 is 0 Å². The Kier molecular flexibility index (Phi) is 5.31. The third kappa shape index (κ3) is 4.08. The summed E-state index contributed by atoms with van der Waals surface area (Å²) in [5.41, 5.74) is 3.28. The zero-order chi connectivity index (χ0) is 18.5. The van der Waals surface area contributed by atoms with Crippen LogP contribution in [0.25, 0.3) is 0 Å². The molecule has 0 aliphatic heterocycles. The Morgan fingerprint density at radius 2 is 2.08 bits per heavy atom. The predicted octanol–water partition coefficient (Wildman–Crippen LogP) is 3.54. The highest BCUT2D eigenvalue weighted by Crippen LogP contribution is 2.19. The molecular weight excluding hydrogens is 330 g/mol. The van der Waals surface area contributed by atoms with Gasteiger partial charge in [0.25, 0.3) is 5.91 Å². The molecular formula is C20H21N3O3. The van der Waals surface area contributed by atoms with Crippen LogP contribution in [0.3, 0.4) is 0 Å². The zero-order valence-electron chi connectivity index (χ0n) is 15.1. The number of aryl methyl sites for hydroxylation is 2. The highest BCUT2D eigenvalue weighted by molar-refractivity contribution is 5.94. The molecule has 1 aromatic carbocycles. The molecule has 0 spiro atoms. The molecule has 0 aliphatic carbocycles. The summed E-state index contributed by atoms with van der Waals surface area (Å²) in [5.74, 6) is 1.29. The Labute approximate surface area is 152 Å². The first-order valence-corrected chi connectivity index (χ1v) is 8.33. The number of ether oxygens (including phenoxy) is 1. The van der Waals surface area contributed by atoms with Gasteiger partial charge >= 0.3 is 0 Å². The van der Waals surface area contributed by atoms with Crippen molar-refractivity contribution in [2.24, 2.45) is 0 Å². The number of hydrogen-bond donors (Lipinski definition) is 0. The minimum absolute atomic E-state index is 0.0863. The molecule has 0 bridgehead atoms. The number of hydrogen-bond acceptors (Lipinski definition) is 5. The second-order valence-electron chi connectivity index (χ2n) is 6.14. The molecule has 0 N–H and O–H groups in total. The molecule has 26 heavy (non-hydrogen) atoms. The van der Waals surface area contributed by atoms with E-state index in [1.807, 2.05) is 38.1 Å². The van der Waals surface area contributed by atoms with Crippen molar-refractivity contribution in [3.8, 4) is 5.75 Å². The fourth-order valence-corrected chi connectivity index (χ4v) is 2.63. The van der Waals surface area contributed by atoms with Crippen molar-refractivity contribution in [1.82, 2.24) is 15.0 Å². The normalized spacial score (nSPS) is 10.6. The maximum atomic E-state index is 12.7. The second-order valence-corrected chi connectivity index (χ2v) is 6.14. The maximum absolute atomic E-state index is 12.7. The average molecular weight is 351 g/mol. The third-order valence-electron chi connectivity index (χ3n) is 4.13. The van der Waals surface area contributed by atoms with Gasteiger partial charge in [-0.2, -0.15) is 0 Å². The van der Waals surface area contributed by atoms with Crippen LogP contribution >= 0.6 is 0 Å². The summed E-state index contributed by atoms with van der Waals surface area (Å²) in [4.78, 5) is 18.4. The van der Waals surface area contributed by atoms with Crippen LogP contribution in [-0.4, -0.2) is 28.0 Å². The van der Waals surface area contributed by atoms with Gasteiger partial charge in [-0.25, -0.2) is 0 Å². The van der Waals surface area contributed by atoms with Gasteiger partial charge in [-0.05, 0) is 38.1 Å². The molecule has 0 radical (unpaired) electrons. The number of pyridine rings is 1. The Morgan fingerprint density at radius 1 is 1.23 bits per heavy atom. The molecule has 0 aliphatic rings. The second kappa shape index (κ2) is 7.82. The van der Waals surface area contributed by atoms with E-state index in [1.54, 1.807) is 36.5 Å². The van der Waals surface area contributed by atoms with Crippen LogP contribution in [0.4, 0.5) is 0 Å². The van der Waals surface area contributed by atoms with Gasteiger partial charge in [0.15, 0.2) is 0 Å². The summed E-state index contributed by atoms with van der Waals surface area (Å²) in [6.45, 7) is 4.57. The minimum Gasteiger partial charge on any atom is -0.489 e. The van der Waals surface area contributed by atoms with E-state index in [4.69, 9.17) is 9.26 Å². The maximum Gasteiger partial charge on any atom is 0.254 e. The third-order valence-corrected chi connectivity index (χ3v) is 4.13. The first kappa shape index (κ1) is 17.7. The number of aromatic nitrogens is 2. The topological polar surface area (TPSA) is 68.5 Å². The van der Waals surface area contributed by atoms with Crippen LogP contribution < -0.4 is 4.74 Å². The summed E-state index contributed by atoms with van der Waals surface area (Å²) >= 11 is 0. The van der Waals surface area contributed by atoms with Crippen molar-refractivity contribution in [2.75, 3.05) is 7.05 Å². The zero-order valence-corrected chi connectivity index (χ0v) is 15.1. The fourth-order valence-electron chi connectivity index (χ4n) is 2.63. The van der Waals surface area contributed by atoms with Gasteiger partial charge in [-0.3, -0.25) is 9.78 Å². The Morgan fingerprint density at radius 3 is 2.77 bits per heavy atom. The number of carbonyl (C=O) groups excluding carboxylic acids is 1. The largest absolute Gasteiger partial charge is 0.489 e. The van der Waals surface area contributed by atoms with Crippen LogP contribution in [0.1, 0.15) is 32.9 Å². The number of nitrogens with zero attached hydrogens (tertiary/aromatic N) is 3. The molecule has 0 saturated carbocycles. The van der Waals surface area contributed by atoms with E-state index < -0.39 is 0 Å². The van der Waals surface area contributed by atoms with Crippen molar-refractivity contribution in [3.05, 3.63) is 76.9 Å². The smallest absolute Gasteiger partial charge is 0.254 e. The molecule has 0 unspecified atom stereocenters. The van der Waals surface area contributed by atoms with Gasteiger partial charge in [-0.1, -0.05) is 17.3 Å². The van der Waals surface area contributed by atoms with Crippen molar-refractivity contribution < 1.29 is 14.1 Å². The number of amides is 1. The Bertz CT molecular complexity index is 871. The number of carbonyl (C=O) groups is 1. The van der Waals surface area contributed by atoms with Crippen LogP contribution in [0, 0.1) is 13.8 Å². The minimum atomic E-state index is -0.0863. The lowest BCUT2D eigenvalue weighted by atomic mass is 10.1. The van der Waals surface area contributed by atoms with Gasteiger partial charge in [-0.15, -0.1) is 0 Å².